The third kappa shape index (κ3) is 4.27. The Morgan fingerprint density at radius 3 is 2.96 bits per heavy atom. The van der Waals surface area contributed by atoms with Gasteiger partial charge in [-0.1, -0.05) is 6.07 Å². The largest absolute Gasteiger partial charge is 0.497 e. The van der Waals surface area contributed by atoms with Crippen molar-refractivity contribution in [1.29, 1.82) is 0 Å². The molecular weight excluding hydrogens is 329 g/mol. The third-order valence-corrected chi connectivity index (χ3v) is 3.95. The van der Waals surface area contributed by atoms with Crippen molar-refractivity contribution >= 4 is 5.91 Å². The molecule has 1 amide bonds. The molecule has 8 heteroatoms. The van der Waals surface area contributed by atoms with Gasteiger partial charge in [0, 0.05) is 13.1 Å². The first-order valence-corrected chi connectivity index (χ1v) is 7.90. The Kier molecular flexibility index (Phi) is 5.18. The second-order valence-corrected chi connectivity index (χ2v) is 5.85. The van der Waals surface area contributed by atoms with E-state index in [9.17, 15) is 9.18 Å². The van der Waals surface area contributed by atoms with Gasteiger partial charge in [0.05, 0.1) is 45.2 Å². The Bertz CT molecular complexity index is 749. The normalized spacial score (nSPS) is 19.6. The van der Waals surface area contributed by atoms with Gasteiger partial charge in [0.15, 0.2) is 5.75 Å². The number of aromatic nitrogens is 2. The van der Waals surface area contributed by atoms with E-state index < -0.39 is 5.82 Å². The lowest BCUT2D eigenvalue weighted by atomic mass is 10.1. The van der Waals surface area contributed by atoms with E-state index in [2.05, 4.69) is 10.4 Å². The molecule has 1 aliphatic heterocycles. The Morgan fingerprint density at radius 1 is 1.44 bits per heavy atom. The summed E-state index contributed by atoms with van der Waals surface area (Å²) in [5.74, 6) is 0.258. The SMILES string of the molecule is COc1ccc(CC(=O)N[C@H]2COC[C@H]2Oc2cnn(C)c2)c(F)c1. The van der Waals surface area contributed by atoms with Crippen molar-refractivity contribution in [2.45, 2.75) is 18.6 Å². The summed E-state index contributed by atoms with van der Waals surface area (Å²) in [6.45, 7) is 0.721. The standard InChI is InChI=1S/C17H20FN3O4/c1-21-8-13(7-19-21)25-16-10-24-9-15(16)20-17(22)5-11-3-4-12(23-2)6-14(11)18/h3-4,6-8,15-16H,5,9-10H2,1-2H3,(H,20,22)/t15-,16+/m0/s1. The van der Waals surface area contributed by atoms with Crippen molar-refractivity contribution in [2.24, 2.45) is 7.05 Å². The fraction of sp³-hybridized carbons (Fsp3) is 0.412. The molecule has 1 aromatic heterocycles. The maximum atomic E-state index is 14.0. The van der Waals surface area contributed by atoms with Gasteiger partial charge in [-0.05, 0) is 11.6 Å². The maximum Gasteiger partial charge on any atom is 0.224 e. The molecule has 25 heavy (non-hydrogen) atoms. The molecule has 1 N–H and O–H groups in total. The molecule has 0 bridgehead atoms. The zero-order chi connectivity index (χ0) is 17.8. The molecule has 0 aliphatic carbocycles. The number of methoxy groups -OCH3 is 1. The van der Waals surface area contributed by atoms with Gasteiger partial charge in [-0.3, -0.25) is 9.48 Å². The lowest BCUT2D eigenvalue weighted by molar-refractivity contribution is -0.121. The van der Waals surface area contributed by atoms with Crippen LogP contribution in [0, 0.1) is 5.82 Å². The number of halogens is 1. The number of aryl methyl sites for hydroxylation is 1. The van der Waals surface area contributed by atoms with Crippen LogP contribution in [0.5, 0.6) is 11.5 Å². The molecule has 1 aromatic carbocycles. The zero-order valence-corrected chi connectivity index (χ0v) is 14.1. The summed E-state index contributed by atoms with van der Waals surface area (Å²) in [4.78, 5) is 12.2. The lowest BCUT2D eigenvalue weighted by Crippen LogP contribution is -2.45. The van der Waals surface area contributed by atoms with Gasteiger partial charge in [-0.2, -0.15) is 5.10 Å². The van der Waals surface area contributed by atoms with Crippen LogP contribution in [0.1, 0.15) is 5.56 Å². The first-order chi connectivity index (χ1) is 12.0. The topological polar surface area (TPSA) is 74.6 Å². The van der Waals surface area contributed by atoms with Crippen molar-refractivity contribution in [2.75, 3.05) is 20.3 Å². The second-order valence-electron chi connectivity index (χ2n) is 5.85. The van der Waals surface area contributed by atoms with Crippen LogP contribution in [0.15, 0.2) is 30.6 Å². The first-order valence-electron chi connectivity index (χ1n) is 7.90. The fourth-order valence-corrected chi connectivity index (χ4v) is 2.65. The summed E-state index contributed by atoms with van der Waals surface area (Å²) in [6, 6.07) is 4.13. The highest BCUT2D eigenvalue weighted by Crippen LogP contribution is 2.18. The number of benzene rings is 1. The van der Waals surface area contributed by atoms with Crippen molar-refractivity contribution in [1.82, 2.24) is 15.1 Å². The number of nitrogens with zero attached hydrogens (tertiary/aromatic N) is 2. The van der Waals surface area contributed by atoms with E-state index in [1.807, 2.05) is 0 Å². The molecule has 134 valence electrons. The molecule has 2 atom stereocenters. The molecular formula is C17H20FN3O4. The van der Waals surface area contributed by atoms with Crippen LogP contribution >= 0.6 is 0 Å². The molecule has 1 aliphatic rings. The number of rotatable bonds is 6. The number of nitrogens with one attached hydrogen (secondary N) is 1. The van der Waals surface area contributed by atoms with E-state index in [0.29, 0.717) is 30.3 Å². The molecule has 0 saturated carbocycles. The van der Waals surface area contributed by atoms with Crippen molar-refractivity contribution in [3.8, 4) is 11.5 Å². The first kappa shape index (κ1) is 17.2. The average molecular weight is 349 g/mol. The minimum atomic E-state index is -0.472. The van der Waals surface area contributed by atoms with Gasteiger partial charge in [0.25, 0.3) is 0 Å². The fourth-order valence-electron chi connectivity index (χ4n) is 2.65. The summed E-state index contributed by atoms with van der Waals surface area (Å²) < 4.78 is 31.7. The molecule has 2 heterocycles. The number of hydrogen-bond donors (Lipinski definition) is 1. The third-order valence-electron chi connectivity index (χ3n) is 3.95. The number of amides is 1. The minimum Gasteiger partial charge on any atom is -0.497 e. The smallest absolute Gasteiger partial charge is 0.224 e. The quantitative estimate of drug-likeness (QED) is 0.845. The lowest BCUT2D eigenvalue weighted by Gasteiger charge is -2.19. The predicted octanol–water partition coefficient (Wildman–Crippen LogP) is 1.07. The molecule has 0 unspecified atom stereocenters. The van der Waals surface area contributed by atoms with Crippen LogP contribution in [0.25, 0.3) is 0 Å². The van der Waals surface area contributed by atoms with Gasteiger partial charge >= 0.3 is 0 Å². The molecule has 0 radical (unpaired) electrons. The number of carbonyl (C=O) groups is 1. The van der Waals surface area contributed by atoms with Crippen LogP contribution in [-0.2, 0) is 23.0 Å². The Hall–Kier alpha value is -2.61. The molecule has 1 saturated heterocycles. The summed E-state index contributed by atoms with van der Waals surface area (Å²) in [5.41, 5.74) is 0.307. The van der Waals surface area contributed by atoms with Crippen LogP contribution in [0.4, 0.5) is 4.39 Å². The van der Waals surface area contributed by atoms with E-state index in [1.54, 1.807) is 36.3 Å². The van der Waals surface area contributed by atoms with Crippen molar-refractivity contribution < 1.29 is 23.4 Å². The van der Waals surface area contributed by atoms with Gasteiger partial charge in [-0.15, -0.1) is 0 Å². The van der Waals surface area contributed by atoms with Gasteiger partial charge in [0.2, 0.25) is 5.91 Å². The second kappa shape index (κ2) is 7.52. The highest BCUT2D eigenvalue weighted by Gasteiger charge is 2.31. The summed E-state index contributed by atoms with van der Waals surface area (Å²) in [5, 5.41) is 6.88. The van der Waals surface area contributed by atoms with Crippen LogP contribution in [0.2, 0.25) is 0 Å². The highest BCUT2D eigenvalue weighted by atomic mass is 19.1. The molecule has 3 rings (SSSR count). The van der Waals surface area contributed by atoms with Gasteiger partial charge in [-0.25, -0.2) is 4.39 Å². The van der Waals surface area contributed by atoms with E-state index >= 15 is 0 Å². The Balaban J connectivity index is 1.58. The highest BCUT2D eigenvalue weighted by molar-refractivity contribution is 5.79. The number of carbonyl (C=O) groups excluding carboxylic acids is 1. The average Bonchev–Trinajstić information content (AvgIpc) is 3.19. The van der Waals surface area contributed by atoms with Gasteiger partial charge in [0.1, 0.15) is 17.7 Å². The minimum absolute atomic E-state index is 0.0636. The van der Waals surface area contributed by atoms with Crippen LogP contribution in [0.3, 0.4) is 0 Å². The zero-order valence-electron chi connectivity index (χ0n) is 14.1. The monoisotopic (exact) mass is 349 g/mol. The van der Waals surface area contributed by atoms with Crippen molar-refractivity contribution in [3.05, 3.63) is 42.0 Å². The van der Waals surface area contributed by atoms with E-state index in [1.165, 1.54) is 13.2 Å². The molecule has 2 aromatic rings. The van der Waals surface area contributed by atoms with Crippen molar-refractivity contribution in [3.63, 3.8) is 0 Å². The van der Waals surface area contributed by atoms with E-state index in [4.69, 9.17) is 14.2 Å². The Labute approximate surface area is 144 Å². The summed E-state index contributed by atoms with van der Waals surface area (Å²) >= 11 is 0. The number of ether oxygens (including phenoxy) is 3. The molecule has 7 nitrogen and oxygen atoms in total. The predicted molar refractivity (Wildman–Crippen MR) is 87.0 cm³/mol. The maximum absolute atomic E-state index is 14.0. The Morgan fingerprint density at radius 2 is 2.28 bits per heavy atom. The summed E-state index contributed by atoms with van der Waals surface area (Å²) in [7, 11) is 3.25. The van der Waals surface area contributed by atoms with Crippen LogP contribution in [-0.4, -0.2) is 48.2 Å². The van der Waals surface area contributed by atoms with E-state index in [0.717, 1.165) is 0 Å². The van der Waals surface area contributed by atoms with Crippen LogP contribution < -0.4 is 14.8 Å². The van der Waals surface area contributed by atoms with E-state index in [-0.39, 0.29) is 24.5 Å². The van der Waals surface area contributed by atoms with Gasteiger partial charge < -0.3 is 19.5 Å². The number of hydrogen-bond acceptors (Lipinski definition) is 5. The summed E-state index contributed by atoms with van der Waals surface area (Å²) in [6.07, 6.45) is 2.97. The molecule has 1 fully saturated rings. The molecule has 0 spiro atoms.